The molecule has 0 heterocycles. The lowest BCUT2D eigenvalue weighted by molar-refractivity contribution is -0.146. The second kappa shape index (κ2) is 7.13. The molecule has 4 nitrogen and oxygen atoms in total. The smallest absolute Gasteiger partial charge is 0.328 e. The first-order valence-electron chi connectivity index (χ1n) is 5.67. The van der Waals surface area contributed by atoms with E-state index in [9.17, 15) is 9.59 Å². The number of nitrogens with one attached hydrogen (secondary N) is 1. The van der Waals surface area contributed by atoms with Crippen molar-refractivity contribution in [3.05, 3.63) is 35.9 Å². The molecule has 0 aromatic heterocycles. The first-order chi connectivity index (χ1) is 8.63. The van der Waals surface area contributed by atoms with Crippen LogP contribution in [0.2, 0.25) is 0 Å². The Hall–Kier alpha value is -2.28. The van der Waals surface area contributed by atoms with Crippen molar-refractivity contribution in [2.45, 2.75) is 19.9 Å². The van der Waals surface area contributed by atoms with Crippen LogP contribution in [0.4, 0.5) is 0 Å². The van der Waals surface area contributed by atoms with E-state index in [1.807, 2.05) is 18.2 Å². The Morgan fingerprint density at radius 3 is 2.61 bits per heavy atom. The molecule has 0 fully saturated rings. The molecular formula is C14H15NO3. The maximum absolute atomic E-state index is 11.4. The summed E-state index contributed by atoms with van der Waals surface area (Å²) >= 11 is 0. The van der Waals surface area contributed by atoms with E-state index >= 15 is 0 Å². The normalized spacial score (nSPS) is 10.8. The molecule has 0 saturated heterocycles. The predicted octanol–water partition coefficient (Wildman–Crippen LogP) is 1.11. The molecule has 1 amide bonds. The molecule has 1 N–H and O–H groups in total. The molecule has 0 aliphatic heterocycles. The number of rotatable bonds is 3. The van der Waals surface area contributed by atoms with Gasteiger partial charge in [-0.3, -0.25) is 4.79 Å². The van der Waals surface area contributed by atoms with Crippen molar-refractivity contribution in [2.24, 2.45) is 0 Å². The molecule has 0 saturated carbocycles. The number of amides is 1. The summed E-state index contributed by atoms with van der Waals surface area (Å²) in [5.41, 5.74) is 0.747. The van der Waals surface area contributed by atoms with Crippen molar-refractivity contribution in [3.63, 3.8) is 0 Å². The van der Waals surface area contributed by atoms with Gasteiger partial charge >= 0.3 is 5.97 Å². The molecule has 0 aliphatic carbocycles. The van der Waals surface area contributed by atoms with Gasteiger partial charge in [0.2, 0.25) is 0 Å². The molecule has 1 aromatic rings. The highest BCUT2D eigenvalue weighted by Gasteiger charge is 2.14. The van der Waals surface area contributed by atoms with E-state index in [1.54, 1.807) is 26.0 Å². The number of hydrogen-bond donors (Lipinski definition) is 1. The predicted molar refractivity (Wildman–Crippen MR) is 67.6 cm³/mol. The van der Waals surface area contributed by atoms with Gasteiger partial charge in [-0.1, -0.05) is 24.1 Å². The minimum absolute atomic E-state index is 0.286. The fraction of sp³-hybridized carbons (Fsp3) is 0.286. The van der Waals surface area contributed by atoms with Gasteiger partial charge in [-0.05, 0) is 26.0 Å². The van der Waals surface area contributed by atoms with E-state index in [0.717, 1.165) is 5.56 Å². The summed E-state index contributed by atoms with van der Waals surface area (Å²) in [5, 5.41) is 2.45. The highest BCUT2D eigenvalue weighted by atomic mass is 16.5. The van der Waals surface area contributed by atoms with E-state index in [1.165, 1.54) is 0 Å². The third-order valence-electron chi connectivity index (χ3n) is 2.08. The minimum Gasteiger partial charge on any atom is -0.464 e. The molecule has 0 aliphatic rings. The standard InChI is InChI=1S/C14H15NO3/c1-3-18-14(17)11(2)15-13(16)10-9-12-7-5-4-6-8-12/h4-8,11H,3H2,1-2H3,(H,15,16). The van der Waals surface area contributed by atoms with Crippen molar-refractivity contribution in [1.82, 2.24) is 5.32 Å². The van der Waals surface area contributed by atoms with Crippen LogP contribution in [0.1, 0.15) is 19.4 Å². The third kappa shape index (κ3) is 4.71. The highest BCUT2D eigenvalue weighted by molar-refractivity contribution is 5.96. The van der Waals surface area contributed by atoms with Crippen LogP contribution in [0.15, 0.2) is 30.3 Å². The Labute approximate surface area is 106 Å². The Balaban J connectivity index is 2.52. The summed E-state index contributed by atoms with van der Waals surface area (Å²) in [5.74, 6) is 4.16. The Morgan fingerprint density at radius 1 is 1.33 bits per heavy atom. The van der Waals surface area contributed by atoms with Crippen LogP contribution in [-0.4, -0.2) is 24.5 Å². The number of carbonyl (C=O) groups is 2. The van der Waals surface area contributed by atoms with Crippen LogP contribution in [-0.2, 0) is 14.3 Å². The Kier molecular flexibility index (Phi) is 5.46. The van der Waals surface area contributed by atoms with Crippen LogP contribution < -0.4 is 5.32 Å². The molecule has 0 spiro atoms. The van der Waals surface area contributed by atoms with Gasteiger partial charge in [0.05, 0.1) is 6.61 Å². The van der Waals surface area contributed by atoms with Crippen molar-refractivity contribution < 1.29 is 14.3 Å². The molecule has 0 radical (unpaired) electrons. The summed E-state index contributed by atoms with van der Waals surface area (Å²) in [6.07, 6.45) is 0. The summed E-state index contributed by atoms with van der Waals surface area (Å²) in [7, 11) is 0. The Bertz CT molecular complexity index is 471. The lowest BCUT2D eigenvalue weighted by atomic mass is 10.2. The van der Waals surface area contributed by atoms with E-state index in [-0.39, 0.29) is 6.61 Å². The van der Waals surface area contributed by atoms with Gasteiger partial charge in [0.1, 0.15) is 6.04 Å². The number of carbonyl (C=O) groups excluding carboxylic acids is 2. The fourth-order valence-electron chi connectivity index (χ4n) is 1.21. The average molecular weight is 245 g/mol. The van der Waals surface area contributed by atoms with Crippen LogP contribution in [0.3, 0.4) is 0 Å². The minimum atomic E-state index is -0.692. The molecule has 1 unspecified atom stereocenters. The number of hydrogen-bond acceptors (Lipinski definition) is 3. The monoisotopic (exact) mass is 245 g/mol. The zero-order chi connectivity index (χ0) is 13.4. The molecule has 1 aromatic carbocycles. The van der Waals surface area contributed by atoms with E-state index in [0.29, 0.717) is 0 Å². The molecular weight excluding hydrogens is 230 g/mol. The topological polar surface area (TPSA) is 55.4 Å². The first kappa shape index (κ1) is 13.8. The van der Waals surface area contributed by atoms with Gasteiger partial charge in [0.15, 0.2) is 0 Å². The second-order valence-corrected chi connectivity index (χ2v) is 3.56. The number of ether oxygens (including phenoxy) is 1. The van der Waals surface area contributed by atoms with Crippen LogP contribution in [0, 0.1) is 11.8 Å². The van der Waals surface area contributed by atoms with Crippen molar-refractivity contribution in [2.75, 3.05) is 6.61 Å². The van der Waals surface area contributed by atoms with Crippen molar-refractivity contribution in [3.8, 4) is 11.8 Å². The zero-order valence-electron chi connectivity index (χ0n) is 10.4. The summed E-state index contributed by atoms with van der Waals surface area (Å²) in [6, 6.07) is 8.45. The van der Waals surface area contributed by atoms with Crippen molar-refractivity contribution in [1.29, 1.82) is 0 Å². The molecule has 0 bridgehead atoms. The van der Waals surface area contributed by atoms with Crippen LogP contribution in [0.5, 0.6) is 0 Å². The maximum atomic E-state index is 11.4. The van der Waals surface area contributed by atoms with Crippen molar-refractivity contribution >= 4 is 11.9 Å². The van der Waals surface area contributed by atoms with Gasteiger partial charge in [-0.15, -0.1) is 0 Å². The van der Waals surface area contributed by atoms with E-state index < -0.39 is 17.9 Å². The zero-order valence-corrected chi connectivity index (χ0v) is 10.4. The van der Waals surface area contributed by atoms with Crippen LogP contribution in [0.25, 0.3) is 0 Å². The Morgan fingerprint density at radius 2 is 2.00 bits per heavy atom. The summed E-state index contributed by atoms with van der Waals surface area (Å²) in [4.78, 5) is 22.7. The third-order valence-corrected chi connectivity index (χ3v) is 2.08. The lowest BCUT2D eigenvalue weighted by Crippen LogP contribution is -2.38. The second-order valence-electron chi connectivity index (χ2n) is 3.56. The number of benzene rings is 1. The molecule has 18 heavy (non-hydrogen) atoms. The van der Waals surface area contributed by atoms with Gasteiger partial charge in [0.25, 0.3) is 5.91 Å². The fourth-order valence-corrected chi connectivity index (χ4v) is 1.21. The SMILES string of the molecule is CCOC(=O)C(C)NC(=O)C#Cc1ccccc1. The van der Waals surface area contributed by atoms with E-state index in [4.69, 9.17) is 4.74 Å². The summed E-state index contributed by atoms with van der Waals surface area (Å²) < 4.78 is 4.77. The molecule has 1 atom stereocenters. The molecule has 4 heteroatoms. The van der Waals surface area contributed by atoms with Gasteiger partial charge in [-0.25, -0.2) is 4.79 Å². The number of esters is 1. The highest BCUT2D eigenvalue weighted by Crippen LogP contribution is 1.94. The molecule has 1 rings (SSSR count). The van der Waals surface area contributed by atoms with Gasteiger partial charge < -0.3 is 10.1 Å². The first-order valence-corrected chi connectivity index (χ1v) is 5.67. The van der Waals surface area contributed by atoms with Gasteiger partial charge in [0, 0.05) is 11.5 Å². The maximum Gasteiger partial charge on any atom is 0.328 e. The lowest BCUT2D eigenvalue weighted by Gasteiger charge is -2.09. The summed E-state index contributed by atoms with van der Waals surface area (Å²) in [6.45, 7) is 3.55. The molecule has 94 valence electrons. The quantitative estimate of drug-likeness (QED) is 0.641. The average Bonchev–Trinajstić information content (AvgIpc) is 2.38. The largest absolute Gasteiger partial charge is 0.464 e. The van der Waals surface area contributed by atoms with E-state index in [2.05, 4.69) is 17.2 Å². The van der Waals surface area contributed by atoms with Crippen LogP contribution >= 0.6 is 0 Å². The van der Waals surface area contributed by atoms with Gasteiger partial charge in [-0.2, -0.15) is 0 Å².